The van der Waals surface area contributed by atoms with E-state index in [9.17, 15) is 0 Å². The topological polar surface area (TPSA) is 70.0 Å². The fourth-order valence-electron chi connectivity index (χ4n) is 2.53. The molecule has 1 fully saturated rings. The number of fused-ring (bicyclic) bond motifs is 1. The molecule has 1 aliphatic heterocycles. The number of piperazine rings is 1. The van der Waals surface area contributed by atoms with Crippen LogP contribution in [0.5, 0.6) is 0 Å². The van der Waals surface area contributed by atoms with Gasteiger partial charge in [-0.25, -0.2) is 4.98 Å². The summed E-state index contributed by atoms with van der Waals surface area (Å²) in [7, 11) is 0. The molecular formula is C14H15N5O. The fraction of sp³-hybridized carbons (Fsp3) is 0.286. The summed E-state index contributed by atoms with van der Waals surface area (Å²) in [5.41, 5.74) is 3.86. The third-order valence-electron chi connectivity index (χ3n) is 3.64. The quantitative estimate of drug-likeness (QED) is 0.740. The second kappa shape index (κ2) is 4.64. The van der Waals surface area contributed by atoms with Gasteiger partial charge in [0.15, 0.2) is 0 Å². The molecule has 1 aliphatic rings. The number of aromatic nitrogens is 3. The smallest absolute Gasteiger partial charge is 0.227 e. The summed E-state index contributed by atoms with van der Waals surface area (Å²) in [6.45, 7) is 3.87. The Bertz CT molecular complexity index is 726. The van der Waals surface area contributed by atoms with E-state index in [0.29, 0.717) is 0 Å². The van der Waals surface area contributed by atoms with Crippen LogP contribution < -0.4 is 10.2 Å². The first-order chi connectivity index (χ1) is 9.90. The first kappa shape index (κ1) is 11.5. The van der Waals surface area contributed by atoms with E-state index in [1.165, 1.54) is 0 Å². The highest BCUT2D eigenvalue weighted by Crippen LogP contribution is 2.26. The average molecular weight is 269 g/mol. The number of hydrogen-bond donors (Lipinski definition) is 2. The van der Waals surface area contributed by atoms with E-state index in [2.05, 4.69) is 25.3 Å². The van der Waals surface area contributed by atoms with Gasteiger partial charge in [0, 0.05) is 37.8 Å². The second-order valence-electron chi connectivity index (χ2n) is 4.92. The van der Waals surface area contributed by atoms with Crippen LogP contribution in [0.3, 0.4) is 0 Å². The molecule has 0 bridgehead atoms. The first-order valence-corrected chi connectivity index (χ1v) is 6.76. The summed E-state index contributed by atoms with van der Waals surface area (Å²) in [6, 6.07) is 8.05. The summed E-state index contributed by atoms with van der Waals surface area (Å²) in [5, 5.41) is 7.51. The Morgan fingerprint density at radius 2 is 2.05 bits per heavy atom. The zero-order valence-electron chi connectivity index (χ0n) is 11.0. The molecule has 0 atom stereocenters. The fourth-order valence-corrected chi connectivity index (χ4v) is 2.53. The van der Waals surface area contributed by atoms with Crippen molar-refractivity contribution in [1.29, 1.82) is 0 Å². The molecule has 0 amide bonds. The molecule has 0 unspecified atom stereocenters. The lowest BCUT2D eigenvalue weighted by Gasteiger charge is -2.25. The lowest BCUT2D eigenvalue weighted by atomic mass is 10.1. The Kier molecular flexibility index (Phi) is 2.67. The lowest BCUT2D eigenvalue weighted by molar-refractivity contribution is 0.409. The monoisotopic (exact) mass is 269 g/mol. The molecule has 6 heteroatoms. The molecule has 1 saturated heterocycles. The van der Waals surface area contributed by atoms with Gasteiger partial charge in [0.2, 0.25) is 5.88 Å². The molecule has 102 valence electrons. The number of nitrogens with zero attached hydrogens (tertiary/aromatic N) is 3. The van der Waals surface area contributed by atoms with E-state index < -0.39 is 0 Å². The number of imidazole rings is 1. The van der Waals surface area contributed by atoms with Gasteiger partial charge >= 0.3 is 0 Å². The molecular weight excluding hydrogens is 254 g/mol. The molecule has 0 radical (unpaired) electrons. The van der Waals surface area contributed by atoms with Gasteiger partial charge in [-0.1, -0.05) is 11.2 Å². The average Bonchev–Trinajstić information content (AvgIpc) is 3.16. The van der Waals surface area contributed by atoms with Crippen molar-refractivity contribution in [2.24, 2.45) is 0 Å². The largest absolute Gasteiger partial charge is 0.345 e. The first-order valence-electron chi connectivity index (χ1n) is 6.76. The number of benzene rings is 1. The van der Waals surface area contributed by atoms with Gasteiger partial charge in [-0.3, -0.25) is 0 Å². The number of anilines is 1. The van der Waals surface area contributed by atoms with Gasteiger partial charge in [-0.15, -0.1) is 0 Å². The Morgan fingerprint density at radius 1 is 1.15 bits per heavy atom. The maximum atomic E-state index is 5.47. The maximum absolute atomic E-state index is 5.47. The van der Waals surface area contributed by atoms with E-state index in [1.807, 2.05) is 24.3 Å². The van der Waals surface area contributed by atoms with Crippen LogP contribution in [0.15, 0.2) is 35.1 Å². The molecule has 0 saturated carbocycles. The predicted molar refractivity (Wildman–Crippen MR) is 76.7 cm³/mol. The van der Waals surface area contributed by atoms with Gasteiger partial charge in [-0.05, 0) is 12.1 Å². The summed E-state index contributed by atoms with van der Waals surface area (Å²) >= 11 is 0. The molecule has 1 aromatic carbocycles. The van der Waals surface area contributed by atoms with Gasteiger partial charge in [0.05, 0.1) is 17.4 Å². The third kappa shape index (κ3) is 1.94. The van der Waals surface area contributed by atoms with Gasteiger partial charge in [-0.2, -0.15) is 0 Å². The molecule has 3 aromatic rings. The van der Waals surface area contributed by atoms with Crippen molar-refractivity contribution >= 4 is 16.9 Å². The van der Waals surface area contributed by atoms with E-state index >= 15 is 0 Å². The van der Waals surface area contributed by atoms with Crippen molar-refractivity contribution in [3.8, 4) is 11.3 Å². The zero-order chi connectivity index (χ0) is 13.4. The molecule has 3 heterocycles. The summed E-state index contributed by atoms with van der Waals surface area (Å²) in [5.74, 6) is 0.839. The number of H-pyrrole nitrogens is 1. The third-order valence-corrected chi connectivity index (χ3v) is 3.64. The minimum absolute atomic E-state index is 0.839. The zero-order valence-corrected chi connectivity index (χ0v) is 11.0. The van der Waals surface area contributed by atoms with Crippen molar-refractivity contribution in [3.63, 3.8) is 0 Å². The van der Waals surface area contributed by atoms with Crippen LogP contribution in [-0.4, -0.2) is 41.3 Å². The highest BCUT2D eigenvalue weighted by molar-refractivity contribution is 5.80. The highest BCUT2D eigenvalue weighted by Gasteiger charge is 2.16. The normalized spacial score (nSPS) is 15.9. The predicted octanol–water partition coefficient (Wildman–Crippen LogP) is 1.63. The number of rotatable bonds is 2. The number of hydrogen-bond acceptors (Lipinski definition) is 5. The SMILES string of the molecule is c1nc2ccc(-c3cc(N4CCNCC4)on3)cc2[nH]1. The van der Waals surface area contributed by atoms with Crippen molar-refractivity contribution in [3.05, 3.63) is 30.6 Å². The van der Waals surface area contributed by atoms with Gasteiger partial charge < -0.3 is 19.7 Å². The van der Waals surface area contributed by atoms with Crippen molar-refractivity contribution in [2.45, 2.75) is 0 Å². The van der Waals surface area contributed by atoms with E-state index in [-0.39, 0.29) is 0 Å². The lowest BCUT2D eigenvalue weighted by Crippen LogP contribution is -2.43. The molecule has 0 aliphatic carbocycles. The molecule has 20 heavy (non-hydrogen) atoms. The molecule has 0 spiro atoms. The van der Waals surface area contributed by atoms with E-state index in [4.69, 9.17) is 4.52 Å². The van der Waals surface area contributed by atoms with Crippen molar-refractivity contribution < 1.29 is 4.52 Å². The minimum atomic E-state index is 0.839. The van der Waals surface area contributed by atoms with E-state index in [1.54, 1.807) is 6.33 Å². The van der Waals surface area contributed by atoms with Crippen LogP contribution in [0.1, 0.15) is 0 Å². The van der Waals surface area contributed by atoms with Crippen LogP contribution in [0, 0.1) is 0 Å². The van der Waals surface area contributed by atoms with E-state index in [0.717, 1.165) is 54.4 Å². The van der Waals surface area contributed by atoms with Crippen LogP contribution >= 0.6 is 0 Å². The number of aromatic amines is 1. The Balaban J connectivity index is 1.66. The molecule has 2 aromatic heterocycles. The van der Waals surface area contributed by atoms with Crippen molar-refractivity contribution in [2.75, 3.05) is 31.1 Å². The van der Waals surface area contributed by atoms with Crippen LogP contribution in [0.4, 0.5) is 5.88 Å². The van der Waals surface area contributed by atoms with Gasteiger partial charge in [0.1, 0.15) is 5.69 Å². The summed E-state index contributed by atoms with van der Waals surface area (Å²) in [6.07, 6.45) is 1.70. The molecule has 4 rings (SSSR count). The Morgan fingerprint density at radius 3 is 2.95 bits per heavy atom. The minimum Gasteiger partial charge on any atom is -0.345 e. The van der Waals surface area contributed by atoms with Crippen molar-refractivity contribution in [1.82, 2.24) is 20.4 Å². The summed E-state index contributed by atoms with van der Waals surface area (Å²) < 4.78 is 5.47. The van der Waals surface area contributed by atoms with Crippen LogP contribution in [0.25, 0.3) is 22.3 Å². The Labute approximate surface area is 115 Å². The van der Waals surface area contributed by atoms with Crippen LogP contribution in [-0.2, 0) is 0 Å². The Hall–Kier alpha value is -2.34. The number of nitrogens with one attached hydrogen (secondary N) is 2. The van der Waals surface area contributed by atoms with Gasteiger partial charge in [0.25, 0.3) is 0 Å². The summed E-state index contributed by atoms with van der Waals surface area (Å²) in [4.78, 5) is 9.54. The standard InChI is InChI=1S/C14H15N5O/c1-2-11-13(17-9-16-11)7-10(1)12-8-14(20-18-12)19-5-3-15-4-6-19/h1-2,7-9,15H,3-6H2,(H,16,17). The second-order valence-corrected chi connectivity index (χ2v) is 4.92. The molecule has 6 nitrogen and oxygen atoms in total. The molecule has 2 N–H and O–H groups in total. The highest BCUT2D eigenvalue weighted by atomic mass is 16.5. The van der Waals surface area contributed by atoms with Crippen LogP contribution in [0.2, 0.25) is 0 Å². The maximum Gasteiger partial charge on any atom is 0.227 e.